The van der Waals surface area contributed by atoms with Crippen molar-refractivity contribution in [1.82, 2.24) is 19.3 Å². The van der Waals surface area contributed by atoms with Gasteiger partial charge in [0.1, 0.15) is 9.97 Å². The molecule has 1 unspecified atom stereocenters. The molecule has 1 atom stereocenters. The lowest BCUT2D eigenvalue weighted by Gasteiger charge is -2.38. The number of hydrogen-bond donors (Lipinski definition) is 0. The second-order valence-electron chi connectivity index (χ2n) is 8.04. The van der Waals surface area contributed by atoms with Crippen molar-refractivity contribution in [3.05, 3.63) is 34.5 Å². The van der Waals surface area contributed by atoms with Crippen LogP contribution in [0.3, 0.4) is 0 Å². The maximum absolute atomic E-state index is 13.1. The Bertz CT molecular complexity index is 959. The molecule has 4 heterocycles. The molecular weight excluding hydrogens is 424 g/mol. The van der Waals surface area contributed by atoms with Gasteiger partial charge in [0, 0.05) is 51.4 Å². The lowest BCUT2D eigenvalue weighted by molar-refractivity contribution is -0.138. The first-order chi connectivity index (χ1) is 14.4. The van der Waals surface area contributed by atoms with Crippen molar-refractivity contribution in [2.24, 2.45) is 5.92 Å². The molecule has 2 aliphatic heterocycles. The lowest BCUT2D eigenvalue weighted by atomic mass is 9.97. The topological polar surface area (TPSA) is 87.0 Å². The summed E-state index contributed by atoms with van der Waals surface area (Å²) in [5, 5.41) is 5.78. The molecule has 2 aromatic heterocycles. The molecule has 0 aliphatic carbocycles. The summed E-state index contributed by atoms with van der Waals surface area (Å²) in [4.78, 5) is 17.3. The summed E-state index contributed by atoms with van der Waals surface area (Å²) in [6.45, 7) is 8.32. The van der Waals surface area contributed by atoms with Gasteiger partial charge in [-0.1, -0.05) is 11.2 Å². The van der Waals surface area contributed by atoms with Gasteiger partial charge in [-0.15, -0.1) is 11.3 Å². The molecular formula is C20H28N4O4S2. The van der Waals surface area contributed by atoms with Crippen molar-refractivity contribution in [3.63, 3.8) is 0 Å². The van der Waals surface area contributed by atoms with E-state index in [-0.39, 0.29) is 18.4 Å². The minimum atomic E-state index is -3.50. The molecule has 0 aromatic carbocycles. The van der Waals surface area contributed by atoms with Crippen LogP contribution in [-0.4, -0.2) is 72.9 Å². The number of hydrogen-bond acceptors (Lipinski definition) is 7. The summed E-state index contributed by atoms with van der Waals surface area (Å²) >= 11 is 1.22. The standard InChI is InChI=1S/C20H28N4O4S2/c1-15-18(16(2)28-21-15)14-22-8-10-23(11-9-22)20(25)17-5-3-7-24(13-17)30(26,27)19-6-4-12-29-19/h4,6,12,17H,3,5,7-11,13-14H2,1-2H3. The lowest BCUT2D eigenvalue weighted by Crippen LogP contribution is -2.52. The van der Waals surface area contributed by atoms with E-state index >= 15 is 0 Å². The van der Waals surface area contributed by atoms with E-state index in [2.05, 4.69) is 10.1 Å². The smallest absolute Gasteiger partial charge is 0.252 e. The average Bonchev–Trinajstić information content (AvgIpc) is 3.41. The second-order valence-corrected chi connectivity index (χ2v) is 11.2. The van der Waals surface area contributed by atoms with Crippen LogP contribution < -0.4 is 0 Å². The van der Waals surface area contributed by atoms with E-state index in [9.17, 15) is 13.2 Å². The molecule has 0 spiro atoms. The number of thiophene rings is 1. The van der Waals surface area contributed by atoms with Crippen LogP contribution in [0.5, 0.6) is 0 Å². The first-order valence-corrected chi connectivity index (χ1v) is 12.6. The predicted octanol–water partition coefficient (Wildman–Crippen LogP) is 2.10. The maximum Gasteiger partial charge on any atom is 0.252 e. The molecule has 0 saturated carbocycles. The Hall–Kier alpha value is -1.75. The summed E-state index contributed by atoms with van der Waals surface area (Å²) in [5.41, 5.74) is 2.04. The number of piperazine rings is 1. The van der Waals surface area contributed by atoms with Gasteiger partial charge in [-0.25, -0.2) is 8.42 Å². The number of sulfonamides is 1. The Balaban J connectivity index is 1.34. The maximum atomic E-state index is 13.1. The van der Waals surface area contributed by atoms with Crippen molar-refractivity contribution in [2.75, 3.05) is 39.3 Å². The number of piperidine rings is 1. The van der Waals surface area contributed by atoms with E-state index in [1.165, 1.54) is 15.6 Å². The molecule has 2 aromatic rings. The van der Waals surface area contributed by atoms with Gasteiger partial charge in [0.05, 0.1) is 11.6 Å². The quantitative estimate of drug-likeness (QED) is 0.691. The molecule has 1 amide bonds. The SMILES string of the molecule is Cc1noc(C)c1CN1CCN(C(=O)C2CCCN(S(=O)(=O)c3cccs3)C2)CC1. The third-order valence-corrected chi connectivity index (χ3v) is 9.31. The van der Waals surface area contributed by atoms with Crippen LogP contribution in [0.15, 0.2) is 26.2 Å². The van der Waals surface area contributed by atoms with Crippen LogP contribution in [0.2, 0.25) is 0 Å². The molecule has 30 heavy (non-hydrogen) atoms. The minimum Gasteiger partial charge on any atom is -0.361 e. The number of nitrogens with zero attached hydrogens (tertiary/aromatic N) is 4. The number of rotatable bonds is 5. The van der Waals surface area contributed by atoms with Crippen LogP contribution in [0.4, 0.5) is 0 Å². The number of aromatic nitrogens is 1. The van der Waals surface area contributed by atoms with Gasteiger partial charge in [0.2, 0.25) is 5.91 Å². The highest BCUT2D eigenvalue weighted by atomic mass is 32.2. The zero-order chi connectivity index (χ0) is 21.3. The van der Waals surface area contributed by atoms with Gasteiger partial charge < -0.3 is 9.42 Å². The highest BCUT2D eigenvalue weighted by Gasteiger charge is 2.36. The van der Waals surface area contributed by atoms with Gasteiger partial charge in [0.25, 0.3) is 10.0 Å². The Morgan fingerprint density at radius 2 is 2.00 bits per heavy atom. The molecule has 8 nitrogen and oxygen atoms in total. The Morgan fingerprint density at radius 3 is 2.63 bits per heavy atom. The van der Waals surface area contributed by atoms with Gasteiger partial charge in [-0.3, -0.25) is 9.69 Å². The Labute approximate surface area is 181 Å². The van der Waals surface area contributed by atoms with Gasteiger partial charge in [0.15, 0.2) is 0 Å². The highest BCUT2D eigenvalue weighted by Crippen LogP contribution is 2.27. The summed E-state index contributed by atoms with van der Waals surface area (Å²) in [5.74, 6) is 0.668. The summed E-state index contributed by atoms with van der Waals surface area (Å²) in [6.07, 6.45) is 1.46. The third kappa shape index (κ3) is 4.32. The van der Waals surface area contributed by atoms with E-state index in [1.54, 1.807) is 17.5 Å². The largest absolute Gasteiger partial charge is 0.361 e. The number of carbonyl (C=O) groups excluding carboxylic acids is 1. The van der Waals surface area contributed by atoms with E-state index in [4.69, 9.17) is 4.52 Å². The Morgan fingerprint density at radius 1 is 1.23 bits per heavy atom. The summed E-state index contributed by atoms with van der Waals surface area (Å²) in [7, 11) is -3.50. The van der Waals surface area contributed by atoms with Crippen LogP contribution in [0.25, 0.3) is 0 Å². The van der Waals surface area contributed by atoms with Crippen molar-refractivity contribution in [2.45, 2.75) is 37.4 Å². The average molecular weight is 453 g/mol. The number of aryl methyl sites for hydroxylation is 2. The van der Waals surface area contributed by atoms with Gasteiger partial charge >= 0.3 is 0 Å². The minimum absolute atomic E-state index is 0.0815. The van der Waals surface area contributed by atoms with Crippen molar-refractivity contribution in [3.8, 4) is 0 Å². The zero-order valence-electron chi connectivity index (χ0n) is 17.4. The highest BCUT2D eigenvalue weighted by molar-refractivity contribution is 7.91. The van der Waals surface area contributed by atoms with Crippen molar-refractivity contribution < 1.29 is 17.7 Å². The van der Waals surface area contributed by atoms with E-state index < -0.39 is 10.0 Å². The third-order valence-electron chi connectivity index (χ3n) is 6.07. The second kappa shape index (κ2) is 8.78. The van der Waals surface area contributed by atoms with Gasteiger partial charge in [-0.2, -0.15) is 4.31 Å². The van der Waals surface area contributed by atoms with Crippen LogP contribution >= 0.6 is 11.3 Å². The molecule has 164 valence electrons. The molecule has 0 bridgehead atoms. The number of amides is 1. The van der Waals surface area contributed by atoms with Gasteiger partial charge in [-0.05, 0) is 38.1 Å². The first-order valence-electron chi connectivity index (χ1n) is 10.3. The Kier molecular flexibility index (Phi) is 6.29. The van der Waals surface area contributed by atoms with Crippen LogP contribution in [0.1, 0.15) is 29.9 Å². The first kappa shape index (κ1) is 21.5. The fourth-order valence-electron chi connectivity index (χ4n) is 4.24. The van der Waals surface area contributed by atoms with Crippen molar-refractivity contribution >= 4 is 27.3 Å². The molecule has 10 heteroatoms. The van der Waals surface area contributed by atoms with E-state index in [0.717, 1.165) is 43.1 Å². The van der Waals surface area contributed by atoms with E-state index in [0.29, 0.717) is 30.3 Å². The summed E-state index contributed by atoms with van der Waals surface area (Å²) < 4.78 is 32.7. The van der Waals surface area contributed by atoms with Crippen molar-refractivity contribution in [1.29, 1.82) is 0 Å². The van der Waals surface area contributed by atoms with Crippen LogP contribution in [-0.2, 0) is 21.4 Å². The normalized spacial score (nSPS) is 21.8. The fourth-order valence-corrected chi connectivity index (χ4v) is 6.90. The fraction of sp³-hybridized carbons (Fsp3) is 0.600. The zero-order valence-corrected chi connectivity index (χ0v) is 19.0. The molecule has 4 rings (SSSR count). The van der Waals surface area contributed by atoms with Crippen LogP contribution in [0, 0.1) is 19.8 Å². The molecule has 2 saturated heterocycles. The molecule has 0 radical (unpaired) electrons. The molecule has 0 N–H and O–H groups in total. The predicted molar refractivity (Wildman–Crippen MR) is 114 cm³/mol. The van der Waals surface area contributed by atoms with E-state index in [1.807, 2.05) is 18.7 Å². The summed E-state index contributed by atoms with van der Waals surface area (Å²) in [6, 6.07) is 3.37. The number of carbonyl (C=O) groups is 1. The molecule has 2 aliphatic rings. The monoisotopic (exact) mass is 452 g/mol. The molecule has 2 fully saturated rings.